The lowest BCUT2D eigenvalue weighted by atomic mass is 10.2. The second-order valence-corrected chi connectivity index (χ2v) is 4.86. The third-order valence-electron chi connectivity index (χ3n) is 3.21. The van der Waals surface area contributed by atoms with E-state index in [2.05, 4.69) is 15.6 Å². The number of hydrogen-bond donors (Lipinski definition) is 3. The first-order valence-corrected chi connectivity index (χ1v) is 6.64. The van der Waals surface area contributed by atoms with Crippen molar-refractivity contribution in [1.29, 1.82) is 0 Å². The summed E-state index contributed by atoms with van der Waals surface area (Å²) >= 11 is 0. The Kier molecular flexibility index (Phi) is 3.38. The lowest BCUT2D eigenvalue weighted by Crippen LogP contribution is -2.34. The van der Waals surface area contributed by atoms with Gasteiger partial charge in [0.05, 0.1) is 11.3 Å². The van der Waals surface area contributed by atoms with Crippen molar-refractivity contribution in [3.05, 3.63) is 52.4 Å². The molecule has 7 nitrogen and oxygen atoms in total. The van der Waals surface area contributed by atoms with Crippen LogP contribution in [0, 0.1) is 0 Å². The molecule has 3 N–H and O–H groups in total. The number of rotatable bonds is 2. The summed E-state index contributed by atoms with van der Waals surface area (Å²) in [5, 5.41) is 5.39. The van der Waals surface area contributed by atoms with Crippen molar-refractivity contribution in [3.63, 3.8) is 0 Å². The maximum Gasteiger partial charge on any atom is 0.265 e. The number of amides is 2. The minimum absolute atomic E-state index is 0.239. The Labute approximate surface area is 125 Å². The van der Waals surface area contributed by atoms with E-state index in [0.29, 0.717) is 22.7 Å². The first-order valence-electron chi connectivity index (χ1n) is 6.64. The van der Waals surface area contributed by atoms with E-state index in [9.17, 15) is 14.4 Å². The molecule has 1 aromatic heterocycles. The van der Waals surface area contributed by atoms with Crippen molar-refractivity contribution in [2.24, 2.45) is 0 Å². The molecule has 0 saturated carbocycles. The Morgan fingerprint density at radius 2 is 2.05 bits per heavy atom. The van der Waals surface area contributed by atoms with Gasteiger partial charge in [0.25, 0.3) is 11.8 Å². The molecule has 2 amide bonds. The van der Waals surface area contributed by atoms with Gasteiger partial charge in [-0.2, -0.15) is 0 Å². The van der Waals surface area contributed by atoms with Crippen molar-refractivity contribution in [3.8, 4) is 5.75 Å². The predicted octanol–water partition coefficient (Wildman–Crippen LogP) is 1.35. The number of aromatic amines is 1. The molecule has 112 valence electrons. The summed E-state index contributed by atoms with van der Waals surface area (Å²) in [5.74, 6) is -0.0571. The summed E-state index contributed by atoms with van der Waals surface area (Å²) in [4.78, 5) is 37.1. The van der Waals surface area contributed by atoms with Crippen molar-refractivity contribution in [2.75, 3.05) is 10.6 Å². The maximum absolute atomic E-state index is 12.1. The number of fused-ring (bicyclic) bond motifs is 1. The van der Waals surface area contributed by atoms with E-state index in [4.69, 9.17) is 4.74 Å². The van der Waals surface area contributed by atoms with Crippen LogP contribution in [0.15, 0.2) is 41.3 Å². The third kappa shape index (κ3) is 2.69. The van der Waals surface area contributed by atoms with Gasteiger partial charge < -0.3 is 20.4 Å². The number of carbonyl (C=O) groups excluding carboxylic acids is 2. The van der Waals surface area contributed by atoms with Gasteiger partial charge in [-0.3, -0.25) is 14.4 Å². The van der Waals surface area contributed by atoms with Crippen LogP contribution in [0.4, 0.5) is 11.4 Å². The first-order chi connectivity index (χ1) is 10.5. The number of anilines is 2. The second kappa shape index (κ2) is 5.36. The Morgan fingerprint density at radius 1 is 1.23 bits per heavy atom. The zero-order valence-corrected chi connectivity index (χ0v) is 11.7. The highest BCUT2D eigenvalue weighted by atomic mass is 16.5. The Morgan fingerprint density at radius 3 is 2.77 bits per heavy atom. The predicted molar refractivity (Wildman–Crippen MR) is 80.2 cm³/mol. The highest BCUT2D eigenvalue weighted by molar-refractivity contribution is 6.05. The Bertz CT molecular complexity index is 792. The molecular weight excluding hydrogens is 286 g/mol. The van der Waals surface area contributed by atoms with Crippen LogP contribution in [0.2, 0.25) is 0 Å². The normalized spacial score (nSPS) is 16.2. The Hall–Kier alpha value is -3.09. The molecule has 7 heteroatoms. The van der Waals surface area contributed by atoms with Crippen LogP contribution in [-0.4, -0.2) is 22.9 Å². The van der Waals surface area contributed by atoms with Gasteiger partial charge in [0, 0.05) is 18.0 Å². The number of benzene rings is 1. The first kappa shape index (κ1) is 13.9. The van der Waals surface area contributed by atoms with E-state index >= 15 is 0 Å². The molecule has 22 heavy (non-hydrogen) atoms. The molecule has 2 aromatic rings. The van der Waals surface area contributed by atoms with Crippen molar-refractivity contribution in [1.82, 2.24) is 4.98 Å². The monoisotopic (exact) mass is 299 g/mol. The summed E-state index contributed by atoms with van der Waals surface area (Å²) in [6.45, 7) is 1.66. The van der Waals surface area contributed by atoms with Crippen LogP contribution in [0.1, 0.15) is 17.3 Å². The summed E-state index contributed by atoms with van der Waals surface area (Å²) in [6, 6.07) is 7.67. The van der Waals surface area contributed by atoms with E-state index < -0.39 is 6.10 Å². The summed E-state index contributed by atoms with van der Waals surface area (Å²) < 4.78 is 5.44. The molecule has 0 spiro atoms. The fraction of sp³-hybridized carbons (Fsp3) is 0.133. The smallest absolute Gasteiger partial charge is 0.265 e. The van der Waals surface area contributed by atoms with E-state index in [1.54, 1.807) is 25.1 Å². The quantitative estimate of drug-likeness (QED) is 0.779. The average Bonchev–Trinajstić information content (AvgIpc) is 2.49. The maximum atomic E-state index is 12.1. The van der Waals surface area contributed by atoms with Gasteiger partial charge in [0.15, 0.2) is 6.10 Å². The fourth-order valence-corrected chi connectivity index (χ4v) is 2.04. The van der Waals surface area contributed by atoms with E-state index in [0.717, 1.165) is 0 Å². The number of nitrogens with one attached hydrogen (secondary N) is 3. The largest absolute Gasteiger partial charge is 0.479 e. The lowest BCUT2D eigenvalue weighted by molar-refractivity contribution is -0.122. The highest BCUT2D eigenvalue weighted by Crippen LogP contribution is 2.32. The minimum atomic E-state index is -0.547. The van der Waals surface area contributed by atoms with E-state index in [-0.39, 0.29) is 17.4 Å². The van der Waals surface area contributed by atoms with Gasteiger partial charge in [-0.1, -0.05) is 0 Å². The molecule has 3 rings (SSSR count). The number of aromatic nitrogens is 1. The molecule has 0 aliphatic carbocycles. The Balaban J connectivity index is 1.80. The molecule has 2 heterocycles. The SMILES string of the molecule is C[C@@H]1Oc2ccc(NC(=O)c3ccc(=O)[nH]c3)cc2NC1=O. The molecule has 0 bridgehead atoms. The number of H-pyrrole nitrogens is 1. The van der Waals surface area contributed by atoms with Gasteiger partial charge >= 0.3 is 0 Å². The molecule has 0 unspecified atom stereocenters. The van der Waals surface area contributed by atoms with Crippen molar-refractivity contribution >= 4 is 23.2 Å². The summed E-state index contributed by atoms with van der Waals surface area (Å²) in [6.07, 6.45) is 0.789. The van der Waals surface area contributed by atoms with Gasteiger partial charge in [0.1, 0.15) is 5.75 Å². The van der Waals surface area contributed by atoms with Gasteiger partial charge in [0.2, 0.25) is 5.56 Å². The number of carbonyl (C=O) groups is 2. The van der Waals surface area contributed by atoms with E-state index in [1.165, 1.54) is 18.3 Å². The second-order valence-electron chi connectivity index (χ2n) is 4.86. The van der Waals surface area contributed by atoms with Crippen LogP contribution in [-0.2, 0) is 4.79 Å². The number of pyridine rings is 1. The molecule has 1 aliphatic rings. The van der Waals surface area contributed by atoms with Crippen molar-refractivity contribution in [2.45, 2.75) is 13.0 Å². The molecular formula is C15H13N3O4. The molecule has 1 atom stereocenters. The van der Waals surface area contributed by atoms with Gasteiger partial charge in [-0.25, -0.2) is 0 Å². The minimum Gasteiger partial charge on any atom is -0.479 e. The average molecular weight is 299 g/mol. The number of hydrogen-bond acceptors (Lipinski definition) is 4. The van der Waals surface area contributed by atoms with Crippen LogP contribution < -0.4 is 20.9 Å². The zero-order chi connectivity index (χ0) is 15.7. The van der Waals surface area contributed by atoms with Gasteiger partial charge in [-0.05, 0) is 31.2 Å². The standard InChI is InChI=1S/C15H13N3O4/c1-8-14(20)18-11-6-10(3-4-12(11)22-8)17-15(21)9-2-5-13(19)16-7-9/h2-8H,1H3,(H,16,19)(H,17,21)(H,18,20)/t8-/m0/s1. The molecule has 1 aliphatic heterocycles. The molecule has 0 saturated heterocycles. The molecule has 1 aromatic carbocycles. The zero-order valence-electron chi connectivity index (χ0n) is 11.7. The molecule has 0 fully saturated rings. The van der Waals surface area contributed by atoms with Crippen LogP contribution in [0.3, 0.4) is 0 Å². The fourth-order valence-electron chi connectivity index (χ4n) is 2.04. The highest BCUT2D eigenvalue weighted by Gasteiger charge is 2.23. The summed E-state index contributed by atoms with van der Waals surface area (Å²) in [5.41, 5.74) is 1.06. The number of ether oxygens (including phenoxy) is 1. The van der Waals surface area contributed by atoms with E-state index in [1.807, 2.05) is 0 Å². The summed E-state index contributed by atoms with van der Waals surface area (Å²) in [7, 11) is 0. The third-order valence-corrected chi connectivity index (χ3v) is 3.21. The molecule has 0 radical (unpaired) electrons. The van der Waals surface area contributed by atoms with Crippen LogP contribution >= 0.6 is 0 Å². The van der Waals surface area contributed by atoms with Crippen LogP contribution in [0.5, 0.6) is 5.75 Å². The van der Waals surface area contributed by atoms with Gasteiger partial charge in [-0.15, -0.1) is 0 Å². The van der Waals surface area contributed by atoms with Crippen molar-refractivity contribution < 1.29 is 14.3 Å². The topological polar surface area (TPSA) is 100 Å². The van der Waals surface area contributed by atoms with Crippen LogP contribution in [0.25, 0.3) is 0 Å². The lowest BCUT2D eigenvalue weighted by Gasteiger charge is -2.23.